The predicted molar refractivity (Wildman–Crippen MR) is 108 cm³/mol. The van der Waals surface area contributed by atoms with Gasteiger partial charge >= 0.3 is 0 Å². The Morgan fingerprint density at radius 2 is 1.52 bits per heavy atom. The summed E-state index contributed by atoms with van der Waals surface area (Å²) in [7, 11) is 4.49. The highest BCUT2D eigenvalue weighted by Gasteiger charge is 2.30. The van der Waals surface area contributed by atoms with Gasteiger partial charge in [0, 0.05) is 12.0 Å². The van der Waals surface area contributed by atoms with Crippen LogP contribution in [0.4, 0.5) is 15.8 Å². The Labute approximate surface area is 168 Å². The van der Waals surface area contributed by atoms with Crippen LogP contribution in [0.15, 0.2) is 54.6 Å². The van der Waals surface area contributed by atoms with E-state index in [9.17, 15) is 9.18 Å². The zero-order chi connectivity index (χ0) is 20.5. The number of amides is 1. The molecule has 0 atom stereocenters. The summed E-state index contributed by atoms with van der Waals surface area (Å²) >= 11 is 0. The van der Waals surface area contributed by atoms with Crippen molar-refractivity contribution in [1.82, 2.24) is 0 Å². The molecule has 6 heteroatoms. The Kier molecular flexibility index (Phi) is 4.84. The first kappa shape index (κ1) is 18.8. The van der Waals surface area contributed by atoms with Gasteiger partial charge in [0.15, 0.2) is 11.5 Å². The van der Waals surface area contributed by atoms with Gasteiger partial charge in [-0.1, -0.05) is 24.3 Å². The van der Waals surface area contributed by atoms with E-state index < -0.39 is 5.82 Å². The first-order valence-electron chi connectivity index (χ1n) is 9.08. The van der Waals surface area contributed by atoms with Crippen molar-refractivity contribution in [2.75, 3.05) is 26.2 Å². The minimum absolute atomic E-state index is 0.316. The van der Waals surface area contributed by atoms with E-state index in [0.717, 1.165) is 16.8 Å². The number of ether oxygens (including phenoxy) is 3. The van der Waals surface area contributed by atoms with Gasteiger partial charge in [0.2, 0.25) is 5.75 Å². The fourth-order valence-electron chi connectivity index (χ4n) is 3.66. The maximum absolute atomic E-state index is 14.1. The monoisotopic (exact) mass is 393 g/mol. The fourth-order valence-corrected chi connectivity index (χ4v) is 3.66. The normalized spacial score (nSPS) is 12.1. The Morgan fingerprint density at radius 1 is 0.862 bits per heavy atom. The second-order valence-electron chi connectivity index (χ2n) is 6.63. The molecule has 1 heterocycles. The van der Waals surface area contributed by atoms with Gasteiger partial charge in [0.1, 0.15) is 5.82 Å². The van der Waals surface area contributed by atoms with Crippen LogP contribution >= 0.6 is 0 Å². The Morgan fingerprint density at radius 3 is 2.17 bits per heavy atom. The van der Waals surface area contributed by atoms with E-state index in [4.69, 9.17) is 14.2 Å². The molecule has 0 fully saturated rings. The second-order valence-corrected chi connectivity index (χ2v) is 6.63. The van der Waals surface area contributed by atoms with Crippen molar-refractivity contribution < 1.29 is 23.4 Å². The summed E-state index contributed by atoms with van der Waals surface area (Å²) in [5.74, 6) is 0.436. The minimum atomic E-state index is -0.397. The number of fused-ring (bicyclic) bond motifs is 2. The number of hydrogen-bond donors (Lipinski definition) is 0. The molecule has 0 aliphatic carbocycles. The molecule has 3 aromatic carbocycles. The van der Waals surface area contributed by atoms with E-state index in [-0.39, 0.29) is 5.91 Å². The summed E-state index contributed by atoms with van der Waals surface area (Å²) in [5.41, 5.74) is 3.47. The summed E-state index contributed by atoms with van der Waals surface area (Å²) in [5, 5.41) is 0. The van der Waals surface area contributed by atoms with Crippen LogP contribution in [0.5, 0.6) is 17.2 Å². The molecule has 0 aromatic heterocycles. The molecular weight excluding hydrogens is 373 g/mol. The summed E-state index contributed by atoms with van der Waals surface area (Å²) in [6, 6.07) is 15.3. The van der Waals surface area contributed by atoms with Gasteiger partial charge in [-0.05, 0) is 41.5 Å². The molecule has 148 valence electrons. The Balaban J connectivity index is 1.89. The Bertz CT molecular complexity index is 1070. The number of anilines is 2. The number of hydrogen-bond acceptors (Lipinski definition) is 4. The van der Waals surface area contributed by atoms with Gasteiger partial charge in [-0.15, -0.1) is 0 Å². The first-order valence-corrected chi connectivity index (χ1v) is 9.08. The highest BCUT2D eigenvalue weighted by Crippen LogP contribution is 2.42. The number of carbonyl (C=O) groups excluding carboxylic acids is 1. The van der Waals surface area contributed by atoms with Gasteiger partial charge in [-0.25, -0.2) is 4.39 Å². The molecule has 4 rings (SSSR count). The lowest BCUT2D eigenvalue weighted by Crippen LogP contribution is -2.30. The van der Waals surface area contributed by atoms with Crippen molar-refractivity contribution >= 4 is 17.3 Å². The molecule has 0 radical (unpaired) electrons. The molecule has 0 saturated carbocycles. The van der Waals surface area contributed by atoms with E-state index in [0.29, 0.717) is 34.9 Å². The zero-order valence-corrected chi connectivity index (χ0v) is 16.4. The third-order valence-corrected chi connectivity index (χ3v) is 5.02. The smallest absolute Gasteiger partial charge is 0.263 e. The van der Waals surface area contributed by atoms with Crippen LogP contribution in [0, 0.1) is 5.82 Å². The summed E-state index contributed by atoms with van der Waals surface area (Å²) in [6.07, 6.45) is 0.630. The predicted octanol–water partition coefficient (Wildman–Crippen LogP) is 4.73. The van der Waals surface area contributed by atoms with Crippen LogP contribution in [-0.4, -0.2) is 27.2 Å². The standard InChI is InChI=1S/C23H20FNO4/c1-27-20-11-16(12-21(28-2)22(20)29-3)23(26)25-18-7-5-4-6-14(18)10-15-8-9-17(24)13-19(15)25/h4-9,11-13H,10H2,1-3H3. The first-order chi connectivity index (χ1) is 14.1. The van der Waals surface area contributed by atoms with Crippen LogP contribution in [0.2, 0.25) is 0 Å². The maximum Gasteiger partial charge on any atom is 0.263 e. The number of carbonyl (C=O) groups is 1. The van der Waals surface area contributed by atoms with Crippen molar-refractivity contribution in [3.63, 3.8) is 0 Å². The lowest BCUT2D eigenvalue weighted by Gasteiger charge is -2.32. The van der Waals surface area contributed by atoms with Crippen LogP contribution in [0.3, 0.4) is 0 Å². The average molecular weight is 393 g/mol. The second kappa shape index (κ2) is 7.47. The van der Waals surface area contributed by atoms with E-state index in [1.807, 2.05) is 24.3 Å². The molecule has 29 heavy (non-hydrogen) atoms. The van der Waals surface area contributed by atoms with E-state index in [1.165, 1.54) is 38.4 Å². The minimum Gasteiger partial charge on any atom is -0.493 e. The maximum atomic E-state index is 14.1. The third-order valence-electron chi connectivity index (χ3n) is 5.02. The lowest BCUT2D eigenvalue weighted by molar-refractivity contribution is 0.0997. The quantitative estimate of drug-likeness (QED) is 0.643. The number of para-hydroxylation sites is 1. The van der Waals surface area contributed by atoms with Crippen LogP contribution in [0.1, 0.15) is 21.5 Å². The molecule has 3 aromatic rings. The largest absolute Gasteiger partial charge is 0.493 e. The van der Waals surface area contributed by atoms with Crippen molar-refractivity contribution in [2.24, 2.45) is 0 Å². The van der Waals surface area contributed by atoms with E-state index in [2.05, 4.69) is 0 Å². The van der Waals surface area contributed by atoms with Crippen molar-refractivity contribution in [3.05, 3.63) is 77.1 Å². The van der Waals surface area contributed by atoms with Gasteiger partial charge in [0.25, 0.3) is 5.91 Å². The highest BCUT2D eigenvalue weighted by atomic mass is 19.1. The van der Waals surface area contributed by atoms with Gasteiger partial charge < -0.3 is 14.2 Å². The molecular formula is C23H20FNO4. The van der Waals surface area contributed by atoms with E-state index >= 15 is 0 Å². The van der Waals surface area contributed by atoms with Gasteiger partial charge in [-0.2, -0.15) is 0 Å². The van der Waals surface area contributed by atoms with E-state index in [1.54, 1.807) is 18.2 Å². The molecule has 0 N–H and O–H groups in total. The van der Waals surface area contributed by atoms with Gasteiger partial charge in [0.05, 0.1) is 32.7 Å². The third kappa shape index (κ3) is 3.16. The highest BCUT2D eigenvalue weighted by molar-refractivity contribution is 6.13. The fraction of sp³-hybridized carbons (Fsp3) is 0.174. The van der Waals surface area contributed by atoms with Gasteiger partial charge in [-0.3, -0.25) is 9.69 Å². The van der Waals surface area contributed by atoms with Crippen molar-refractivity contribution in [2.45, 2.75) is 6.42 Å². The number of halogens is 1. The summed E-state index contributed by atoms with van der Waals surface area (Å²) in [4.78, 5) is 15.2. The number of nitrogens with zero attached hydrogens (tertiary/aromatic N) is 1. The molecule has 0 unspecified atom stereocenters. The molecule has 5 nitrogen and oxygen atoms in total. The summed E-state index contributed by atoms with van der Waals surface area (Å²) in [6.45, 7) is 0. The molecule has 1 aliphatic rings. The molecule has 0 spiro atoms. The zero-order valence-electron chi connectivity index (χ0n) is 16.4. The number of methoxy groups -OCH3 is 3. The summed E-state index contributed by atoms with van der Waals surface area (Å²) < 4.78 is 30.2. The van der Waals surface area contributed by atoms with Crippen LogP contribution in [-0.2, 0) is 6.42 Å². The number of benzene rings is 3. The Hall–Kier alpha value is -3.54. The lowest BCUT2D eigenvalue weighted by atomic mass is 9.94. The van der Waals surface area contributed by atoms with Crippen LogP contribution < -0.4 is 19.1 Å². The SMILES string of the molecule is COc1cc(C(=O)N2c3ccccc3Cc3ccc(F)cc32)cc(OC)c1OC. The average Bonchev–Trinajstić information content (AvgIpc) is 2.75. The van der Waals surface area contributed by atoms with Crippen molar-refractivity contribution in [1.29, 1.82) is 0 Å². The van der Waals surface area contributed by atoms with Crippen molar-refractivity contribution in [3.8, 4) is 17.2 Å². The van der Waals surface area contributed by atoms with Crippen LogP contribution in [0.25, 0.3) is 0 Å². The molecule has 0 saturated heterocycles. The molecule has 0 bridgehead atoms. The molecule has 1 amide bonds. The number of rotatable bonds is 4. The topological polar surface area (TPSA) is 48.0 Å². The molecule has 1 aliphatic heterocycles.